The quantitative estimate of drug-likeness (QED) is 0.285. The Hall–Kier alpha value is -4.42. The second-order valence-corrected chi connectivity index (χ2v) is 12.7. The van der Waals surface area contributed by atoms with Gasteiger partial charge in [-0.1, -0.05) is 17.7 Å². The molecule has 0 radical (unpaired) electrons. The fraction of sp³-hybridized carbons (Fsp3) is 0.394. The molecule has 0 saturated carbocycles. The van der Waals surface area contributed by atoms with Gasteiger partial charge in [0.1, 0.15) is 23.9 Å². The number of carboxylic acid groups (broad SMARTS) is 1. The minimum Gasteiger partial charge on any atom is -0.493 e. The lowest BCUT2D eigenvalue weighted by atomic mass is 9.97. The normalized spacial score (nSPS) is 16.1. The average molecular weight is 652 g/mol. The fourth-order valence-corrected chi connectivity index (χ4v) is 6.17. The van der Waals surface area contributed by atoms with Gasteiger partial charge in [0.2, 0.25) is 0 Å². The highest BCUT2D eigenvalue weighted by atomic mass is 35.5. The molecule has 0 saturated heterocycles. The third kappa shape index (κ3) is 6.19. The summed E-state index contributed by atoms with van der Waals surface area (Å²) in [6.45, 7) is 9.12. The van der Waals surface area contributed by atoms with E-state index in [4.69, 9.17) is 25.8 Å². The zero-order valence-electron chi connectivity index (χ0n) is 26.0. The number of aryl methyl sites for hydroxylation is 1. The molecule has 1 atom stereocenters. The number of fused-ring (bicyclic) bond motifs is 4. The number of aliphatic carboxylic acids is 1. The van der Waals surface area contributed by atoms with Gasteiger partial charge in [-0.2, -0.15) is 5.10 Å². The molecule has 2 aliphatic rings. The molecule has 4 aromatic rings. The molecule has 1 unspecified atom stereocenters. The van der Waals surface area contributed by atoms with Crippen LogP contribution in [0, 0.1) is 12.7 Å². The van der Waals surface area contributed by atoms with Gasteiger partial charge in [0.15, 0.2) is 17.4 Å². The predicted octanol–water partition coefficient (Wildman–Crippen LogP) is 5.74. The maximum absolute atomic E-state index is 14.1. The summed E-state index contributed by atoms with van der Waals surface area (Å²) in [6.07, 6.45) is -0.00372. The number of ether oxygens (including phenoxy) is 3. The van der Waals surface area contributed by atoms with Gasteiger partial charge in [0.05, 0.1) is 35.2 Å². The molecule has 2 aromatic heterocycles. The number of halogens is 2. The molecule has 4 heterocycles. The second kappa shape index (κ2) is 12.4. The first-order valence-corrected chi connectivity index (χ1v) is 15.5. The summed E-state index contributed by atoms with van der Waals surface area (Å²) >= 11 is 7.23. The zero-order chi connectivity index (χ0) is 32.7. The lowest BCUT2D eigenvalue weighted by Gasteiger charge is -2.33. The Bertz CT molecular complexity index is 1840. The summed E-state index contributed by atoms with van der Waals surface area (Å²) in [5, 5.41) is 18.2. The Morgan fingerprint density at radius 2 is 1.89 bits per heavy atom. The molecule has 4 bridgehead atoms. The van der Waals surface area contributed by atoms with Crippen LogP contribution >= 0.6 is 11.6 Å². The standard InChI is InChI=1S/C33H35ClFN5O6/c1-18-26(30(32(42)43)46-33(2,3)4)28-21-9-10-23-29(27(21)34)39(12-14-45-23)11-5-6-13-44-24-15-20(35)8-7-19(24)17-36-31(41)22-16-25(37-18)40(28)38-22/h7-10,15-16,30H,5-6,11-14,17H2,1-4H3,(H,36,41)(H,42,43). The smallest absolute Gasteiger partial charge is 0.337 e. The van der Waals surface area contributed by atoms with Crippen molar-refractivity contribution in [1.82, 2.24) is 19.9 Å². The van der Waals surface area contributed by atoms with Gasteiger partial charge < -0.3 is 29.5 Å². The monoisotopic (exact) mass is 651 g/mol. The fourth-order valence-electron chi connectivity index (χ4n) is 5.81. The van der Waals surface area contributed by atoms with Gasteiger partial charge in [-0.15, -0.1) is 0 Å². The molecule has 0 spiro atoms. The number of hydrogen-bond donors (Lipinski definition) is 2. The number of amides is 1. The molecule has 1 amide bonds. The van der Waals surface area contributed by atoms with Crippen LogP contribution in [0.25, 0.3) is 16.9 Å². The number of carbonyl (C=O) groups is 2. The average Bonchev–Trinajstić information content (AvgIpc) is 3.42. The predicted molar refractivity (Wildman–Crippen MR) is 169 cm³/mol. The molecule has 0 aliphatic carbocycles. The highest BCUT2D eigenvalue weighted by Crippen LogP contribution is 2.46. The van der Waals surface area contributed by atoms with E-state index in [2.05, 4.69) is 20.3 Å². The van der Waals surface area contributed by atoms with Crippen LogP contribution in [0.1, 0.15) is 67.0 Å². The first-order valence-electron chi connectivity index (χ1n) is 15.1. The summed E-state index contributed by atoms with van der Waals surface area (Å²) in [5.74, 6) is -1.22. The van der Waals surface area contributed by atoms with Crippen LogP contribution in [-0.4, -0.2) is 63.5 Å². The summed E-state index contributed by atoms with van der Waals surface area (Å²) in [6, 6.07) is 9.29. The summed E-state index contributed by atoms with van der Waals surface area (Å²) in [5.41, 5.74) is 2.28. The van der Waals surface area contributed by atoms with Crippen molar-refractivity contribution >= 4 is 34.8 Å². The lowest BCUT2D eigenvalue weighted by molar-refractivity contribution is -0.160. The summed E-state index contributed by atoms with van der Waals surface area (Å²) in [4.78, 5) is 33.0. The maximum atomic E-state index is 14.1. The topological polar surface area (TPSA) is 128 Å². The summed E-state index contributed by atoms with van der Waals surface area (Å²) in [7, 11) is 0. The maximum Gasteiger partial charge on any atom is 0.337 e. The Morgan fingerprint density at radius 3 is 2.65 bits per heavy atom. The van der Waals surface area contributed by atoms with E-state index in [1.54, 1.807) is 45.9 Å². The van der Waals surface area contributed by atoms with Crippen molar-refractivity contribution in [2.45, 2.75) is 58.8 Å². The molecule has 46 heavy (non-hydrogen) atoms. The van der Waals surface area contributed by atoms with Crippen LogP contribution in [0.2, 0.25) is 5.02 Å². The van der Waals surface area contributed by atoms with E-state index in [1.165, 1.54) is 22.7 Å². The van der Waals surface area contributed by atoms with Crippen molar-refractivity contribution in [3.05, 3.63) is 69.8 Å². The Kier molecular flexibility index (Phi) is 8.51. The van der Waals surface area contributed by atoms with E-state index in [1.807, 2.05) is 0 Å². The number of carboxylic acids is 1. The molecule has 2 N–H and O–H groups in total. The minimum atomic E-state index is -1.43. The first kappa shape index (κ1) is 31.6. The second-order valence-electron chi connectivity index (χ2n) is 12.3. The third-order valence-corrected chi connectivity index (χ3v) is 8.22. The number of rotatable bonds is 3. The van der Waals surface area contributed by atoms with Crippen molar-refractivity contribution < 1.29 is 33.3 Å². The van der Waals surface area contributed by atoms with Crippen molar-refractivity contribution in [3.63, 3.8) is 0 Å². The highest BCUT2D eigenvalue weighted by molar-refractivity contribution is 6.36. The minimum absolute atomic E-state index is 0.0404. The number of carbonyl (C=O) groups excluding carboxylic acids is 1. The van der Waals surface area contributed by atoms with Crippen molar-refractivity contribution in [2.24, 2.45) is 0 Å². The molecule has 11 nitrogen and oxygen atoms in total. The van der Waals surface area contributed by atoms with Crippen molar-refractivity contribution in [3.8, 4) is 22.8 Å². The summed E-state index contributed by atoms with van der Waals surface area (Å²) < 4.78 is 33.6. The van der Waals surface area contributed by atoms with E-state index in [9.17, 15) is 19.1 Å². The van der Waals surface area contributed by atoms with Crippen LogP contribution in [0.5, 0.6) is 11.5 Å². The Labute approximate surface area is 270 Å². The number of nitrogens with zero attached hydrogens (tertiary/aromatic N) is 4. The molecule has 2 aliphatic heterocycles. The van der Waals surface area contributed by atoms with E-state index in [0.717, 1.165) is 6.42 Å². The molecule has 0 fully saturated rings. The van der Waals surface area contributed by atoms with Gasteiger partial charge >= 0.3 is 5.97 Å². The molecule has 6 rings (SSSR count). The molecule has 2 aromatic carbocycles. The van der Waals surface area contributed by atoms with Gasteiger partial charge in [0, 0.05) is 47.6 Å². The Morgan fingerprint density at radius 1 is 1.11 bits per heavy atom. The van der Waals surface area contributed by atoms with E-state index >= 15 is 0 Å². The van der Waals surface area contributed by atoms with E-state index in [-0.39, 0.29) is 17.8 Å². The van der Waals surface area contributed by atoms with Crippen LogP contribution < -0.4 is 19.7 Å². The molecule has 13 heteroatoms. The van der Waals surface area contributed by atoms with Crippen molar-refractivity contribution in [2.75, 3.05) is 31.2 Å². The number of aromatic nitrogens is 3. The van der Waals surface area contributed by atoms with Crippen molar-refractivity contribution in [1.29, 1.82) is 0 Å². The Balaban J connectivity index is 1.58. The lowest BCUT2D eigenvalue weighted by Crippen LogP contribution is -2.34. The van der Waals surface area contributed by atoms with Gasteiger partial charge in [-0.25, -0.2) is 18.7 Å². The molecular weight excluding hydrogens is 617 g/mol. The SMILES string of the molecule is Cc1nc2cc3nn2c(c1C(OC(C)(C)C)C(=O)O)-c1ccc2c(c1Cl)N(CCCCOc1cc(F)ccc1CNC3=O)CCO2. The van der Waals surface area contributed by atoms with Crippen LogP contribution in [-0.2, 0) is 16.1 Å². The van der Waals surface area contributed by atoms with Crippen LogP contribution in [0.4, 0.5) is 10.1 Å². The number of nitrogens with one attached hydrogen (secondary N) is 1. The van der Waals surface area contributed by atoms with E-state index < -0.39 is 29.4 Å². The van der Waals surface area contributed by atoms with Gasteiger partial charge in [0.25, 0.3) is 5.91 Å². The van der Waals surface area contributed by atoms with Crippen LogP contribution in [0.15, 0.2) is 36.4 Å². The number of anilines is 1. The third-order valence-electron chi connectivity index (χ3n) is 7.84. The van der Waals surface area contributed by atoms with Crippen LogP contribution in [0.3, 0.4) is 0 Å². The highest BCUT2D eigenvalue weighted by Gasteiger charge is 2.35. The van der Waals surface area contributed by atoms with Gasteiger partial charge in [-0.05, 0) is 58.7 Å². The first-order chi connectivity index (χ1) is 21.9. The number of benzene rings is 2. The number of hydrogen-bond acceptors (Lipinski definition) is 8. The largest absolute Gasteiger partial charge is 0.493 e. The molecule has 242 valence electrons. The van der Waals surface area contributed by atoms with Gasteiger partial charge in [-0.3, -0.25) is 4.79 Å². The van der Waals surface area contributed by atoms with E-state index in [0.29, 0.717) is 83.1 Å². The zero-order valence-corrected chi connectivity index (χ0v) is 26.8. The molecular formula is C33H35ClFN5O6.